The lowest BCUT2D eigenvalue weighted by Crippen LogP contribution is -2.16. The normalized spacial score (nSPS) is 11.0. The van der Waals surface area contributed by atoms with Gasteiger partial charge in [-0.3, -0.25) is 10.3 Å². The molecule has 5 nitrogen and oxygen atoms in total. The predicted molar refractivity (Wildman–Crippen MR) is 93.0 cm³/mol. The van der Waals surface area contributed by atoms with Crippen molar-refractivity contribution in [2.24, 2.45) is 0 Å². The van der Waals surface area contributed by atoms with Crippen molar-refractivity contribution < 1.29 is 5.11 Å². The highest BCUT2D eigenvalue weighted by atomic mass is 35.5. The summed E-state index contributed by atoms with van der Waals surface area (Å²) >= 11 is 6.25. The third-order valence-electron chi connectivity index (χ3n) is 3.38. The minimum Gasteiger partial charge on any atom is -0.392 e. The molecule has 1 heterocycles. The summed E-state index contributed by atoms with van der Waals surface area (Å²) in [7, 11) is 0. The lowest BCUT2D eigenvalue weighted by atomic mass is 10.1. The molecule has 0 saturated heterocycles. The van der Waals surface area contributed by atoms with Crippen LogP contribution in [0.3, 0.4) is 0 Å². The number of aryl methyl sites for hydroxylation is 2. The first-order valence-electron chi connectivity index (χ1n) is 7.19. The Bertz CT molecular complexity index is 731. The summed E-state index contributed by atoms with van der Waals surface area (Å²) in [5, 5.41) is 17.4. The van der Waals surface area contributed by atoms with Crippen LogP contribution in [0, 0.1) is 19.3 Å². The summed E-state index contributed by atoms with van der Waals surface area (Å²) in [6.07, 6.45) is 7.23. The highest BCUT2D eigenvalue weighted by Crippen LogP contribution is 2.22. The smallest absolute Gasteiger partial charge is 0.144 e. The van der Waals surface area contributed by atoms with E-state index in [0.717, 1.165) is 11.1 Å². The van der Waals surface area contributed by atoms with E-state index >= 15 is 0 Å². The maximum Gasteiger partial charge on any atom is 0.144 e. The van der Waals surface area contributed by atoms with Gasteiger partial charge < -0.3 is 5.11 Å². The number of aliphatic hydroxyl groups is 1. The van der Waals surface area contributed by atoms with Crippen molar-refractivity contribution >= 4 is 23.8 Å². The first kappa shape index (κ1) is 17.1. The fourth-order valence-corrected chi connectivity index (χ4v) is 2.42. The molecule has 1 aromatic heterocycles. The zero-order chi connectivity index (χ0) is 16.8. The van der Waals surface area contributed by atoms with Crippen LogP contribution in [-0.2, 0) is 13.0 Å². The lowest BCUT2D eigenvalue weighted by Gasteiger charge is -2.15. The second kappa shape index (κ2) is 7.85. The largest absolute Gasteiger partial charge is 0.392 e. The van der Waals surface area contributed by atoms with Gasteiger partial charge in [0.25, 0.3) is 0 Å². The van der Waals surface area contributed by atoms with Gasteiger partial charge in [0.05, 0.1) is 12.9 Å². The number of hydrogen-bond donors (Lipinski definition) is 2. The molecular formula is C17H19ClN4O. The number of aromatic nitrogens is 2. The van der Waals surface area contributed by atoms with Crippen LogP contribution in [0.15, 0.2) is 36.7 Å². The molecule has 6 heteroatoms. The molecule has 0 amide bonds. The standard InChI is InChI=1S/C17H19ClN4O/c1-12-9-20-13(2)21-17(12)22(11-19)8-4-7-14-5-3-6-15(10-23)16(14)18/h3-6,8-9,11,19,23H,7,10H2,1-2H3/b8-4+,19-11?. The van der Waals surface area contributed by atoms with Crippen LogP contribution in [0.5, 0.6) is 0 Å². The molecule has 0 radical (unpaired) electrons. The van der Waals surface area contributed by atoms with Gasteiger partial charge in [-0.05, 0) is 31.4 Å². The van der Waals surface area contributed by atoms with E-state index in [-0.39, 0.29) is 6.61 Å². The Hall–Kier alpha value is -2.24. The number of nitrogens with zero attached hydrogens (tertiary/aromatic N) is 3. The third-order valence-corrected chi connectivity index (χ3v) is 3.87. The van der Waals surface area contributed by atoms with E-state index in [1.165, 1.54) is 6.34 Å². The molecule has 0 saturated carbocycles. The predicted octanol–water partition coefficient (Wildman–Crippen LogP) is 3.41. The number of hydrogen-bond acceptors (Lipinski definition) is 4. The van der Waals surface area contributed by atoms with Gasteiger partial charge in [-0.25, -0.2) is 9.97 Å². The molecule has 0 atom stereocenters. The molecule has 0 bridgehead atoms. The molecule has 120 valence electrons. The number of aliphatic hydroxyl groups excluding tert-OH is 1. The lowest BCUT2D eigenvalue weighted by molar-refractivity contribution is 0.282. The highest BCUT2D eigenvalue weighted by molar-refractivity contribution is 6.32. The van der Waals surface area contributed by atoms with Crippen LogP contribution >= 0.6 is 11.6 Å². The Morgan fingerprint density at radius 3 is 2.74 bits per heavy atom. The van der Waals surface area contributed by atoms with Gasteiger partial charge in [0.2, 0.25) is 0 Å². The van der Waals surface area contributed by atoms with E-state index in [1.807, 2.05) is 32.1 Å². The summed E-state index contributed by atoms with van der Waals surface area (Å²) in [5.41, 5.74) is 2.53. The Labute approximate surface area is 140 Å². The zero-order valence-electron chi connectivity index (χ0n) is 13.1. The molecule has 23 heavy (non-hydrogen) atoms. The second-order valence-corrected chi connectivity index (χ2v) is 5.48. The number of rotatable bonds is 6. The van der Waals surface area contributed by atoms with Crippen LogP contribution in [0.25, 0.3) is 0 Å². The molecule has 2 aromatic rings. The first-order chi connectivity index (χ1) is 11.1. The van der Waals surface area contributed by atoms with Crippen LogP contribution in [0.2, 0.25) is 5.02 Å². The van der Waals surface area contributed by atoms with Crippen molar-refractivity contribution in [1.29, 1.82) is 5.41 Å². The number of halogens is 1. The number of allylic oxidation sites excluding steroid dienone is 1. The summed E-state index contributed by atoms with van der Waals surface area (Å²) in [5.74, 6) is 1.34. The minimum absolute atomic E-state index is 0.0809. The molecule has 0 aliphatic carbocycles. The van der Waals surface area contributed by atoms with Crippen LogP contribution in [0.1, 0.15) is 22.5 Å². The fraction of sp³-hybridized carbons (Fsp3) is 0.235. The maximum atomic E-state index is 9.25. The summed E-state index contributed by atoms with van der Waals surface area (Å²) in [4.78, 5) is 10.1. The van der Waals surface area contributed by atoms with Crippen molar-refractivity contribution in [3.05, 3.63) is 64.2 Å². The van der Waals surface area contributed by atoms with Crippen molar-refractivity contribution in [2.45, 2.75) is 26.9 Å². The SMILES string of the molecule is Cc1ncc(C)c(N(C=N)/C=C/Cc2cccc(CO)c2Cl)n1. The molecular weight excluding hydrogens is 312 g/mol. The van der Waals surface area contributed by atoms with Gasteiger partial charge in [0.1, 0.15) is 11.6 Å². The van der Waals surface area contributed by atoms with Crippen LogP contribution < -0.4 is 4.90 Å². The van der Waals surface area contributed by atoms with Gasteiger partial charge in [-0.1, -0.05) is 35.9 Å². The van der Waals surface area contributed by atoms with Gasteiger partial charge in [0.15, 0.2) is 0 Å². The minimum atomic E-state index is -0.0809. The number of anilines is 1. The van der Waals surface area contributed by atoms with Crippen molar-refractivity contribution in [2.75, 3.05) is 4.90 Å². The van der Waals surface area contributed by atoms with Gasteiger partial charge in [-0.2, -0.15) is 0 Å². The van der Waals surface area contributed by atoms with E-state index in [9.17, 15) is 5.11 Å². The fourth-order valence-electron chi connectivity index (χ4n) is 2.16. The Balaban J connectivity index is 2.18. The quantitative estimate of drug-likeness (QED) is 0.629. The summed E-state index contributed by atoms with van der Waals surface area (Å²) < 4.78 is 0. The average molecular weight is 331 g/mol. The first-order valence-corrected chi connectivity index (χ1v) is 7.57. The van der Waals surface area contributed by atoms with Crippen molar-refractivity contribution in [1.82, 2.24) is 9.97 Å². The van der Waals surface area contributed by atoms with Gasteiger partial charge in [-0.15, -0.1) is 0 Å². The Morgan fingerprint density at radius 1 is 1.30 bits per heavy atom. The molecule has 0 unspecified atom stereocenters. The monoisotopic (exact) mass is 330 g/mol. The van der Waals surface area contributed by atoms with E-state index in [4.69, 9.17) is 17.0 Å². The van der Waals surface area contributed by atoms with Crippen LogP contribution in [-0.4, -0.2) is 21.4 Å². The molecule has 0 aliphatic rings. The second-order valence-electron chi connectivity index (χ2n) is 5.10. The average Bonchev–Trinajstić information content (AvgIpc) is 2.55. The van der Waals surface area contributed by atoms with Gasteiger partial charge in [0, 0.05) is 23.0 Å². The number of nitrogens with one attached hydrogen (secondary N) is 1. The summed E-state index contributed by atoms with van der Waals surface area (Å²) in [6.45, 7) is 3.64. The molecule has 0 fully saturated rings. The highest BCUT2D eigenvalue weighted by Gasteiger charge is 2.07. The van der Waals surface area contributed by atoms with E-state index in [1.54, 1.807) is 23.4 Å². The van der Waals surface area contributed by atoms with Crippen molar-refractivity contribution in [3.63, 3.8) is 0 Å². The summed E-state index contributed by atoms with van der Waals surface area (Å²) in [6, 6.07) is 5.58. The van der Waals surface area contributed by atoms with E-state index in [0.29, 0.717) is 28.6 Å². The van der Waals surface area contributed by atoms with Gasteiger partial charge >= 0.3 is 0 Å². The molecule has 0 spiro atoms. The molecule has 0 aliphatic heterocycles. The van der Waals surface area contributed by atoms with E-state index < -0.39 is 0 Å². The molecule has 1 aromatic carbocycles. The van der Waals surface area contributed by atoms with Crippen LogP contribution in [0.4, 0.5) is 5.82 Å². The maximum absolute atomic E-state index is 9.25. The van der Waals surface area contributed by atoms with Crippen molar-refractivity contribution in [3.8, 4) is 0 Å². The number of benzene rings is 1. The zero-order valence-corrected chi connectivity index (χ0v) is 13.9. The topological polar surface area (TPSA) is 73.1 Å². The van der Waals surface area contributed by atoms with E-state index in [2.05, 4.69) is 9.97 Å². The molecule has 2 N–H and O–H groups in total. The third kappa shape index (κ3) is 4.15. The molecule has 2 rings (SSSR count). The Kier molecular flexibility index (Phi) is 5.84. The Morgan fingerprint density at radius 2 is 2.04 bits per heavy atom.